The summed E-state index contributed by atoms with van der Waals surface area (Å²) in [5.41, 5.74) is 3.45. The van der Waals surface area contributed by atoms with Crippen LogP contribution >= 0.6 is 23.2 Å². The largest absolute Gasteiger partial charge is 0.192 e. The minimum absolute atomic E-state index is 0.447. The molecule has 84 valence electrons. The third-order valence-corrected chi connectivity index (χ3v) is 3.16. The second-order valence-corrected chi connectivity index (χ2v) is 4.60. The maximum atomic E-state index is 8.82. The van der Waals surface area contributed by atoms with Gasteiger partial charge in [0.25, 0.3) is 0 Å². The van der Waals surface area contributed by atoms with E-state index in [0.29, 0.717) is 15.6 Å². The number of aryl methyl sites for hydroxylation is 1. The van der Waals surface area contributed by atoms with Gasteiger partial charge in [0.15, 0.2) is 0 Å². The van der Waals surface area contributed by atoms with Crippen molar-refractivity contribution in [3.63, 3.8) is 0 Å². The Balaban J connectivity index is 2.58. The SMILES string of the molecule is Cc1ccc(Cl)c(-c2ccc(C#N)c(Cl)c2)c1. The van der Waals surface area contributed by atoms with Gasteiger partial charge in [-0.25, -0.2) is 0 Å². The molecular weight excluding hydrogens is 253 g/mol. The summed E-state index contributed by atoms with van der Waals surface area (Å²) in [6.07, 6.45) is 0. The topological polar surface area (TPSA) is 23.8 Å². The molecule has 0 atom stereocenters. The lowest BCUT2D eigenvalue weighted by Crippen LogP contribution is -1.84. The normalized spacial score (nSPS) is 10.0. The fraction of sp³-hybridized carbons (Fsp3) is 0.0714. The lowest BCUT2D eigenvalue weighted by atomic mass is 10.0. The van der Waals surface area contributed by atoms with Crippen LogP contribution in [-0.2, 0) is 0 Å². The van der Waals surface area contributed by atoms with Crippen molar-refractivity contribution in [2.75, 3.05) is 0 Å². The molecule has 0 amide bonds. The Morgan fingerprint density at radius 2 is 1.76 bits per heavy atom. The van der Waals surface area contributed by atoms with Gasteiger partial charge >= 0.3 is 0 Å². The van der Waals surface area contributed by atoms with Gasteiger partial charge in [0.2, 0.25) is 0 Å². The Kier molecular flexibility index (Phi) is 3.38. The van der Waals surface area contributed by atoms with Crippen molar-refractivity contribution in [2.24, 2.45) is 0 Å². The molecule has 2 aromatic rings. The molecule has 0 fully saturated rings. The average molecular weight is 262 g/mol. The number of halogens is 2. The van der Waals surface area contributed by atoms with E-state index in [2.05, 4.69) is 0 Å². The molecule has 1 nitrogen and oxygen atoms in total. The standard InChI is InChI=1S/C14H9Cl2N/c1-9-2-5-13(15)12(6-9)10-3-4-11(8-17)14(16)7-10/h2-7H,1H3. The zero-order chi connectivity index (χ0) is 12.4. The summed E-state index contributed by atoms with van der Waals surface area (Å²) in [5, 5.41) is 9.94. The van der Waals surface area contributed by atoms with Crippen LogP contribution in [0.3, 0.4) is 0 Å². The molecule has 0 unspecified atom stereocenters. The van der Waals surface area contributed by atoms with Crippen molar-refractivity contribution in [2.45, 2.75) is 6.92 Å². The molecule has 0 saturated carbocycles. The molecule has 2 rings (SSSR count). The van der Waals surface area contributed by atoms with Crippen molar-refractivity contribution in [3.8, 4) is 17.2 Å². The number of hydrogen-bond donors (Lipinski definition) is 0. The van der Waals surface area contributed by atoms with E-state index < -0.39 is 0 Å². The maximum absolute atomic E-state index is 8.82. The van der Waals surface area contributed by atoms with Crippen LogP contribution in [0.2, 0.25) is 10.0 Å². The third-order valence-electron chi connectivity index (χ3n) is 2.52. The van der Waals surface area contributed by atoms with Gasteiger partial charge in [0, 0.05) is 10.6 Å². The van der Waals surface area contributed by atoms with E-state index in [1.54, 1.807) is 12.1 Å². The minimum Gasteiger partial charge on any atom is -0.192 e. The van der Waals surface area contributed by atoms with E-state index in [9.17, 15) is 0 Å². The van der Waals surface area contributed by atoms with Crippen LogP contribution in [0.15, 0.2) is 36.4 Å². The smallest absolute Gasteiger partial charge is 0.101 e. The summed E-state index contributed by atoms with van der Waals surface area (Å²) in [6.45, 7) is 2.01. The van der Waals surface area contributed by atoms with Crippen LogP contribution in [0.1, 0.15) is 11.1 Å². The predicted octanol–water partition coefficient (Wildman–Crippen LogP) is 4.84. The zero-order valence-corrected chi connectivity index (χ0v) is 10.7. The zero-order valence-electron chi connectivity index (χ0n) is 9.17. The minimum atomic E-state index is 0.447. The molecule has 0 aliphatic rings. The van der Waals surface area contributed by atoms with Gasteiger partial charge in [-0.05, 0) is 36.8 Å². The molecule has 0 spiro atoms. The van der Waals surface area contributed by atoms with Crippen molar-refractivity contribution in [1.82, 2.24) is 0 Å². The highest BCUT2D eigenvalue weighted by atomic mass is 35.5. The first kappa shape index (κ1) is 12.0. The lowest BCUT2D eigenvalue weighted by Gasteiger charge is -2.07. The molecule has 2 aromatic carbocycles. The third kappa shape index (κ3) is 2.44. The summed E-state index contributed by atoms with van der Waals surface area (Å²) >= 11 is 12.2. The molecule has 17 heavy (non-hydrogen) atoms. The first-order chi connectivity index (χ1) is 8.11. The van der Waals surface area contributed by atoms with Gasteiger partial charge in [-0.1, -0.05) is 40.9 Å². The van der Waals surface area contributed by atoms with Crippen LogP contribution in [0.4, 0.5) is 0 Å². The molecule has 0 aliphatic carbocycles. The van der Waals surface area contributed by atoms with E-state index in [1.165, 1.54) is 0 Å². The monoisotopic (exact) mass is 261 g/mol. The maximum Gasteiger partial charge on any atom is 0.101 e. The van der Waals surface area contributed by atoms with E-state index >= 15 is 0 Å². The highest BCUT2D eigenvalue weighted by molar-refractivity contribution is 6.34. The van der Waals surface area contributed by atoms with Gasteiger partial charge in [-0.2, -0.15) is 5.26 Å². The molecule has 0 bridgehead atoms. The molecular formula is C14H9Cl2N. The molecule has 0 aliphatic heterocycles. The highest BCUT2D eigenvalue weighted by Crippen LogP contribution is 2.31. The number of nitriles is 1. The lowest BCUT2D eigenvalue weighted by molar-refractivity contribution is 1.45. The first-order valence-corrected chi connectivity index (χ1v) is 5.83. The number of rotatable bonds is 1. The van der Waals surface area contributed by atoms with Crippen LogP contribution in [0, 0.1) is 18.3 Å². The van der Waals surface area contributed by atoms with E-state index in [1.807, 2.05) is 37.3 Å². The van der Waals surface area contributed by atoms with Gasteiger partial charge in [0.05, 0.1) is 10.6 Å². The van der Waals surface area contributed by atoms with Gasteiger partial charge in [-0.3, -0.25) is 0 Å². The second-order valence-electron chi connectivity index (χ2n) is 3.79. The highest BCUT2D eigenvalue weighted by Gasteiger charge is 2.06. The van der Waals surface area contributed by atoms with Crippen molar-refractivity contribution in [1.29, 1.82) is 5.26 Å². The number of nitrogens with zero attached hydrogens (tertiary/aromatic N) is 1. The van der Waals surface area contributed by atoms with Gasteiger partial charge < -0.3 is 0 Å². The summed E-state index contributed by atoms with van der Waals surface area (Å²) in [4.78, 5) is 0. The Hall–Kier alpha value is -1.49. The van der Waals surface area contributed by atoms with Crippen LogP contribution < -0.4 is 0 Å². The number of hydrogen-bond acceptors (Lipinski definition) is 1. The van der Waals surface area contributed by atoms with E-state index in [-0.39, 0.29) is 0 Å². The molecule has 0 saturated heterocycles. The average Bonchev–Trinajstić information content (AvgIpc) is 2.32. The second kappa shape index (κ2) is 4.79. The van der Waals surface area contributed by atoms with Crippen molar-refractivity contribution in [3.05, 3.63) is 57.6 Å². The first-order valence-electron chi connectivity index (χ1n) is 5.08. The number of benzene rings is 2. The molecule has 0 aromatic heterocycles. The van der Waals surface area contributed by atoms with Crippen molar-refractivity contribution < 1.29 is 0 Å². The molecule has 0 heterocycles. The van der Waals surface area contributed by atoms with Crippen LogP contribution in [0.5, 0.6) is 0 Å². The molecule has 3 heteroatoms. The Morgan fingerprint density at radius 3 is 2.41 bits per heavy atom. The van der Waals surface area contributed by atoms with Crippen LogP contribution in [-0.4, -0.2) is 0 Å². The summed E-state index contributed by atoms with van der Waals surface area (Å²) in [6, 6.07) is 13.2. The molecule has 0 N–H and O–H groups in total. The van der Waals surface area contributed by atoms with Crippen LogP contribution in [0.25, 0.3) is 11.1 Å². The Labute approximate surface area is 110 Å². The van der Waals surface area contributed by atoms with E-state index in [0.717, 1.165) is 16.7 Å². The summed E-state index contributed by atoms with van der Waals surface area (Å²) in [7, 11) is 0. The fourth-order valence-corrected chi connectivity index (χ4v) is 2.08. The summed E-state index contributed by atoms with van der Waals surface area (Å²) < 4.78 is 0. The van der Waals surface area contributed by atoms with Gasteiger partial charge in [0.1, 0.15) is 6.07 Å². The van der Waals surface area contributed by atoms with Gasteiger partial charge in [-0.15, -0.1) is 0 Å². The Morgan fingerprint density at radius 1 is 1.00 bits per heavy atom. The quantitative estimate of drug-likeness (QED) is 0.721. The summed E-state index contributed by atoms with van der Waals surface area (Å²) in [5.74, 6) is 0. The van der Waals surface area contributed by atoms with E-state index in [4.69, 9.17) is 28.5 Å². The Bertz CT molecular complexity index is 612. The molecule has 0 radical (unpaired) electrons. The fourth-order valence-electron chi connectivity index (χ4n) is 1.63. The van der Waals surface area contributed by atoms with Crippen molar-refractivity contribution >= 4 is 23.2 Å². The predicted molar refractivity (Wildman–Crippen MR) is 71.4 cm³/mol.